The Morgan fingerprint density at radius 2 is 1.89 bits per heavy atom. The minimum atomic E-state index is -0.825. The number of nitrogens with two attached hydrogens (primary N) is 1. The lowest BCUT2D eigenvalue weighted by Crippen LogP contribution is -2.39. The molecule has 0 bridgehead atoms. The summed E-state index contributed by atoms with van der Waals surface area (Å²) >= 11 is 0. The first-order valence-electron chi connectivity index (χ1n) is 5.50. The molecular formula is C12H16F2N2O2. The molecule has 0 saturated heterocycles. The Balaban J connectivity index is 3.23. The number of benzene rings is 1. The molecule has 6 heteroatoms. The number of anilines is 1. The minimum absolute atomic E-state index is 0.136. The van der Waals surface area contributed by atoms with Crippen LogP contribution in [0.4, 0.5) is 14.5 Å². The van der Waals surface area contributed by atoms with E-state index in [0.717, 1.165) is 12.1 Å². The molecule has 4 nitrogen and oxygen atoms in total. The second-order valence-corrected chi connectivity index (χ2v) is 4.25. The molecule has 100 valence electrons. The first-order chi connectivity index (χ1) is 8.36. The van der Waals surface area contributed by atoms with E-state index in [1.165, 1.54) is 4.90 Å². The second kappa shape index (κ2) is 5.77. The van der Waals surface area contributed by atoms with E-state index in [1.807, 2.05) is 0 Å². The predicted octanol–water partition coefficient (Wildman–Crippen LogP) is 1.16. The van der Waals surface area contributed by atoms with E-state index < -0.39 is 24.1 Å². The number of nitrogens with zero attached hydrogens (tertiary/aromatic N) is 1. The molecule has 0 saturated carbocycles. The molecule has 0 fully saturated rings. The Morgan fingerprint density at radius 3 is 2.22 bits per heavy atom. The normalized spacial score (nSPS) is 10.8. The number of aliphatic hydroxyl groups is 1. The van der Waals surface area contributed by atoms with Gasteiger partial charge < -0.3 is 15.7 Å². The topological polar surface area (TPSA) is 66.6 Å². The maximum Gasteiger partial charge on any atom is 0.236 e. The highest BCUT2D eigenvalue weighted by atomic mass is 19.1. The number of carbonyl (C=O) groups excluding carboxylic acids is 1. The number of amides is 1. The Bertz CT molecular complexity index is 427. The Kier molecular flexibility index (Phi) is 4.61. The number of carbonyl (C=O) groups is 1. The Labute approximate surface area is 104 Å². The van der Waals surface area contributed by atoms with Crippen molar-refractivity contribution in [3.05, 3.63) is 29.3 Å². The number of halogens is 2. The van der Waals surface area contributed by atoms with Crippen molar-refractivity contribution >= 4 is 11.6 Å². The third-order valence-corrected chi connectivity index (χ3v) is 2.50. The standard InChI is InChI=1S/C12H16F2N2O2/c1-7(2)16(5-11(15)18)12-9(13)3-8(6-17)4-10(12)14/h3-4,7,17H,5-6H2,1-2H3,(H2,15,18). The molecule has 0 aliphatic carbocycles. The van der Waals surface area contributed by atoms with E-state index in [4.69, 9.17) is 10.8 Å². The highest BCUT2D eigenvalue weighted by Gasteiger charge is 2.21. The minimum Gasteiger partial charge on any atom is -0.392 e. The summed E-state index contributed by atoms with van der Waals surface area (Å²) in [5, 5.41) is 8.85. The van der Waals surface area contributed by atoms with Crippen molar-refractivity contribution in [2.24, 2.45) is 5.73 Å². The van der Waals surface area contributed by atoms with Crippen LogP contribution in [0.2, 0.25) is 0 Å². The van der Waals surface area contributed by atoms with Crippen molar-refractivity contribution in [3.8, 4) is 0 Å². The number of hydrogen-bond acceptors (Lipinski definition) is 3. The van der Waals surface area contributed by atoms with Crippen LogP contribution in [0.25, 0.3) is 0 Å². The fourth-order valence-corrected chi connectivity index (χ4v) is 1.67. The average Bonchev–Trinajstić information content (AvgIpc) is 2.25. The zero-order valence-electron chi connectivity index (χ0n) is 10.3. The van der Waals surface area contributed by atoms with Crippen LogP contribution in [0.1, 0.15) is 19.4 Å². The maximum atomic E-state index is 13.8. The third kappa shape index (κ3) is 3.16. The molecule has 0 spiro atoms. The second-order valence-electron chi connectivity index (χ2n) is 4.25. The molecule has 1 amide bonds. The highest BCUT2D eigenvalue weighted by Crippen LogP contribution is 2.26. The van der Waals surface area contributed by atoms with E-state index in [0.29, 0.717) is 0 Å². The largest absolute Gasteiger partial charge is 0.392 e. The summed E-state index contributed by atoms with van der Waals surface area (Å²) < 4.78 is 27.6. The van der Waals surface area contributed by atoms with Gasteiger partial charge in [0.15, 0.2) is 0 Å². The van der Waals surface area contributed by atoms with Gasteiger partial charge in [0.25, 0.3) is 0 Å². The lowest BCUT2D eigenvalue weighted by Gasteiger charge is -2.28. The zero-order chi connectivity index (χ0) is 13.9. The van der Waals surface area contributed by atoms with Crippen LogP contribution in [0, 0.1) is 11.6 Å². The lowest BCUT2D eigenvalue weighted by atomic mass is 10.1. The molecule has 0 radical (unpaired) electrons. The smallest absolute Gasteiger partial charge is 0.236 e. The number of hydrogen-bond donors (Lipinski definition) is 2. The van der Waals surface area contributed by atoms with Crippen LogP contribution in [0.15, 0.2) is 12.1 Å². The van der Waals surface area contributed by atoms with Crippen molar-refractivity contribution in [2.45, 2.75) is 26.5 Å². The van der Waals surface area contributed by atoms with E-state index in [2.05, 4.69) is 0 Å². The fourth-order valence-electron chi connectivity index (χ4n) is 1.67. The van der Waals surface area contributed by atoms with Crippen LogP contribution < -0.4 is 10.6 Å². The SMILES string of the molecule is CC(C)N(CC(N)=O)c1c(F)cc(CO)cc1F. The van der Waals surface area contributed by atoms with Gasteiger partial charge in [-0.3, -0.25) is 4.79 Å². The van der Waals surface area contributed by atoms with Gasteiger partial charge in [0.1, 0.15) is 17.3 Å². The maximum absolute atomic E-state index is 13.8. The van der Waals surface area contributed by atoms with Crippen LogP contribution in [-0.4, -0.2) is 23.6 Å². The molecule has 0 aliphatic rings. The van der Waals surface area contributed by atoms with Crippen molar-refractivity contribution in [2.75, 3.05) is 11.4 Å². The van der Waals surface area contributed by atoms with E-state index >= 15 is 0 Å². The van der Waals surface area contributed by atoms with Gasteiger partial charge in [0, 0.05) is 6.04 Å². The lowest BCUT2D eigenvalue weighted by molar-refractivity contribution is -0.116. The van der Waals surface area contributed by atoms with Gasteiger partial charge in [-0.2, -0.15) is 0 Å². The summed E-state index contributed by atoms with van der Waals surface area (Å²) in [5.74, 6) is -2.32. The van der Waals surface area contributed by atoms with Crippen LogP contribution in [0.5, 0.6) is 0 Å². The van der Waals surface area contributed by atoms with Crippen LogP contribution in [0.3, 0.4) is 0 Å². The highest BCUT2D eigenvalue weighted by molar-refractivity contribution is 5.79. The van der Waals surface area contributed by atoms with Crippen LogP contribution in [-0.2, 0) is 11.4 Å². The monoisotopic (exact) mass is 258 g/mol. The molecule has 18 heavy (non-hydrogen) atoms. The van der Waals surface area contributed by atoms with Crippen molar-refractivity contribution in [1.82, 2.24) is 0 Å². The molecule has 0 unspecified atom stereocenters. The molecule has 1 aromatic rings. The Hall–Kier alpha value is -1.69. The zero-order valence-corrected chi connectivity index (χ0v) is 10.3. The first-order valence-corrected chi connectivity index (χ1v) is 5.50. The molecule has 3 N–H and O–H groups in total. The van der Waals surface area contributed by atoms with Gasteiger partial charge >= 0.3 is 0 Å². The molecule has 0 heterocycles. The number of rotatable bonds is 5. The summed E-state index contributed by atoms with van der Waals surface area (Å²) in [4.78, 5) is 12.2. The van der Waals surface area contributed by atoms with Gasteiger partial charge in [0.2, 0.25) is 5.91 Å². The van der Waals surface area contributed by atoms with Crippen molar-refractivity contribution < 1.29 is 18.7 Å². The molecular weight excluding hydrogens is 242 g/mol. The summed E-state index contributed by atoms with van der Waals surface area (Å²) in [6.07, 6.45) is 0. The fraction of sp³-hybridized carbons (Fsp3) is 0.417. The van der Waals surface area contributed by atoms with Crippen LogP contribution >= 0.6 is 0 Å². The average molecular weight is 258 g/mol. The quantitative estimate of drug-likeness (QED) is 0.832. The van der Waals surface area contributed by atoms with E-state index in [1.54, 1.807) is 13.8 Å². The summed E-state index contributed by atoms with van der Waals surface area (Å²) in [7, 11) is 0. The molecule has 1 aromatic carbocycles. The predicted molar refractivity (Wildman–Crippen MR) is 64.0 cm³/mol. The van der Waals surface area contributed by atoms with Gasteiger partial charge in [-0.05, 0) is 31.5 Å². The molecule has 0 aliphatic heterocycles. The van der Waals surface area contributed by atoms with Crippen molar-refractivity contribution in [3.63, 3.8) is 0 Å². The Morgan fingerprint density at radius 1 is 1.39 bits per heavy atom. The van der Waals surface area contributed by atoms with Gasteiger partial charge in [-0.1, -0.05) is 0 Å². The summed E-state index contributed by atoms with van der Waals surface area (Å²) in [6, 6.07) is 1.78. The summed E-state index contributed by atoms with van der Waals surface area (Å²) in [5.41, 5.74) is 4.89. The van der Waals surface area contributed by atoms with Gasteiger partial charge in [0.05, 0.1) is 13.2 Å². The third-order valence-electron chi connectivity index (χ3n) is 2.50. The van der Waals surface area contributed by atoms with E-state index in [-0.39, 0.29) is 23.8 Å². The summed E-state index contributed by atoms with van der Waals surface area (Å²) in [6.45, 7) is 2.67. The molecule has 1 rings (SSSR count). The van der Waals surface area contributed by atoms with E-state index in [9.17, 15) is 13.6 Å². The van der Waals surface area contributed by atoms with Gasteiger partial charge in [-0.25, -0.2) is 8.78 Å². The molecule has 0 atom stereocenters. The van der Waals surface area contributed by atoms with Crippen molar-refractivity contribution in [1.29, 1.82) is 0 Å². The number of aliphatic hydroxyl groups excluding tert-OH is 1. The first kappa shape index (κ1) is 14.4. The number of primary amides is 1. The molecule has 0 aromatic heterocycles. The van der Waals surface area contributed by atoms with Gasteiger partial charge in [-0.15, -0.1) is 0 Å².